The molecule has 0 aliphatic heterocycles. The molecule has 7 heteroatoms. The predicted molar refractivity (Wildman–Crippen MR) is 60.7 cm³/mol. The van der Waals surface area contributed by atoms with Crippen LogP contribution in [-0.2, 0) is 9.59 Å². The lowest BCUT2D eigenvalue weighted by Gasteiger charge is -2.09. The van der Waals surface area contributed by atoms with Crippen molar-refractivity contribution >= 4 is 23.5 Å². The molecule has 6 nitrogen and oxygen atoms in total. The number of benzene rings is 1. The number of halogens is 1. The van der Waals surface area contributed by atoms with Crippen LogP contribution in [0.1, 0.15) is 17.3 Å². The number of amides is 2. The lowest BCUT2D eigenvalue weighted by atomic mass is 10.1. The van der Waals surface area contributed by atoms with Gasteiger partial charge in [-0.2, -0.15) is 0 Å². The van der Waals surface area contributed by atoms with Gasteiger partial charge in [-0.05, 0) is 12.1 Å². The summed E-state index contributed by atoms with van der Waals surface area (Å²) in [6.07, 6.45) is 0. The zero-order valence-corrected chi connectivity index (χ0v) is 9.49. The van der Waals surface area contributed by atoms with Crippen molar-refractivity contribution in [3.63, 3.8) is 0 Å². The van der Waals surface area contributed by atoms with Crippen LogP contribution in [0.3, 0.4) is 0 Å². The van der Waals surface area contributed by atoms with Gasteiger partial charge in [0.1, 0.15) is 5.82 Å². The van der Waals surface area contributed by atoms with Crippen LogP contribution in [0.15, 0.2) is 18.2 Å². The van der Waals surface area contributed by atoms with Gasteiger partial charge < -0.3 is 15.7 Å². The SMILES string of the molecule is CC(=O)NCC(=O)Nc1c(F)cccc1C(=O)O. The number of hydrogen-bond donors (Lipinski definition) is 3. The lowest BCUT2D eigenvalue weighted by molar-refractivity contribution is -0.122. The maximum atomic E-state index is 13.4. The molecule has 1 aromatic carbocycles. The zero-order valence-electron chi connectivity index (χ0n) is 9.49. The van der Waals surface area contributed by atoms with E-state index in [9.17, 15) is 18.8 Å². The van der Waals surface area contributed by atoms with Crippen molar-refractivity contribution in [3.8, 4) is 0 Å². The fourth-order valence-electron chi connectivity index (χ4n) is 1.22. The minimum Gasteiger partial charge on any atom is -0.478 e. The Hall–Kier alpha value is -2.44. The topological polar surface area (TPSA) is 95.5 Å². The van der Waals surface area contributed by atoms with Crippen molar-refractivity contribution in [2.24, 2.45) is 0 Å². The maximum absolute atomic E-state index is 13.4. The first-order valence-corrected chi connectivity index (χ1v) is 4.98. The van der Waals surface area contributed by atoms with Crippen LogP contribution in [0.5, 0.6) is 0 Å². The molecule has 1 aromatic rings. The minimum absolute atomic E-state index is 0.355. The van der Waals surface area contributed by atoms with E-state index in [4.69, 9.17) is 5.11 Å². The molecule has 0 aliphatic carbocycles. The van der Waals surface area contributed by atoms with E-state index in [2.05, 4.69) is 10.6 Å². The van der Waals surface area contributed by atoms with Crippen LogP contribution < -0.4 is 10.6 Å². The van der Waals surface area contributed by atoms with Crippen LogP contribution in [0.2, 0.25) is 0 Å². The fourth-order valence-corrected chi connectivity index (χ4v) is 1.22. The number of hydrogen-bond acceptors (Lipinski definition) is 3. The highest BCUT2D eigenvalue weighted by molar-refractivity contribution is 6.01. The Morgan fingerprint density at radius 3 is 2.56 bits per heavy atom. The average molecular weight is 254 g/mol. The standard InChI is InChI=1S/C11H11FN2O4/c1-6(15)13-5-9(16)14-10-7(11(17)18)3-2-4-8(10)12/h2-4H,5H2,1H3,(H,13,15)(H,14,16)(H,17,18). The molecule has 0 aromatic heterocycles. The molecule has 0 saturated carbocycles. The van der Waals surface area contributed by atoms with Crippen molar-refractivity contribution in [2.75, 3.05) is 11.9 Å². The molecule has 3 N–H and O–H groups in total. The number of carbonyl (C=O) groups is 3. The second-order valence-electron chi connectivity index (χ2n) is 3.43. The number of carboxylic acids is 1. The van der Waals surface area contributed by atoms with Crippen molar-refractivity contribution in [2.45, 2.75) is 6.92 Å². The minimum atomic E-state index is -1.36. The van der Waals surface area contributed by atoms with Crippen LogP contribution in [0.4, 0.5) is 10.1 Å². The number of anilines is 1. The molecule has 96 valence electrons. The van der Waals surface area contributed by atoms with E-state index in [-0.39, 0.29) is 12.1 Å². The summed E-state index contributed by atoms with van der Waals surface area (Å²) in [5.74, 6) is -3.34. The molecule has 2 amide bonds. The number of carboxylic acid groups (broad SMARTS) is 1. The van der Waals surface area contributed by atoms with Gasteiger partial charge in [-0.1, -0.05) is 6.07 Å². The Morgan fingerprint density at radius 1 is 1.33 bits per heavy atom. The zero-order chi connectivity index (χ0) is 13.7. The van der Waals surface area contributed by atoms with Gasteiger partial charge in [-0.3, -0.25) is 9.59 Å². The molecule has 0 heterocycles. The van der Waals surface area contributed by atoms with Crippen molar-refractivity contribution in [1.29, 1.82) is 0 Å². The van der Waals surface area contributed by atoms with E-state index >= 15 is 0 Å². The van der Waals surface area contributed by atoms with Gasteiger partial charge in [0.2, 0.25) is 11.8 Å². The second-order valence-corrected chi connectivity index (χ2v) is 3.43. The first-order valence-electron chi connectivity index (χ1n) is 4.98. The van der Waals surface area contributed by atoms with Gasteiger partial charge in [-0.15, -0.1) is 0 Å². The number of rotatable bonds is 4. The number of carbonyl (C=O) groups excluding carboxylic acids is 2. The lowest BCUT2D eigenvalue weighted by Crippen LogP contribution is -2.31. The highest BCUT2D eigenvalue weighted by Crippen LogP contribution is 2.19. The van der Waals surface area contributed by atoms with Crippen molar-refractivity contribution < 1.29 is 23.9 Å². The highest BCUT2D eigenvalue weighted by atomic mass is 19.1. The molecule has 1 rings (SSSR count). The summed E-state index contributed by atoms with van der Waals surface area (Å²) in [4.78, 5) is 32.8. The molecule has 0 aliphatic rings. The smallest absolute Gasteiger partial charge is 0.337 e. The summed E-state index contributed by atoms with van der Waals surface area (Å²) in [6, 6.07) is 3.42. The van der Waals surface area contributed by atoms with E-state index in [0.29, 0.717) is 0 Å². The molecule has 0 radical (unpaired) electrons. The molecule has 0 saturated heterocycles. The summed E-state index contributed by atoms with van der Waals surface area (Å²) in [6.45, 7) is 0.863. The van der Waals surface area contributed by atoms with Crippen molar-refractivity contribution in [1.82, 2.24) is 5.32 Å². The Kier molecular flexibility index (Phi) is 4.36. The van der Waals surface area contributed by atoms with E-state index < -0.39 is 29.3 Å². The molecular formula is C11H11FN2O4. The molecule has 18 heavy (non-hydrogen) atoms. The quantitative estimate of drug-likeness (QED) is 0.733. The molecule has 0 atom stereocenters. The Bertz CT molecular complexity index is 502. The van der Waals surface area contributed by atoms with Gasteiger partial charge in [0.15, 0.2) is 0 Å². The van der Waals surface area contributed by atoms with E-state index in [1.807, 2.05) is 0 Å². The van der Waals surface area contributed by atoms with Gasteiger partial charge in [0, 0.05) is 6.92 Å². The van der Waals surface area contributed by atoms with Gasteiger partial charge in [0.05, 0.1) is 17.8 Å². The van der Waals surface area contributed by atoms with Gasteiger partial charge in [0.25, 0.3) is 0 Å². The highest BCUT2D eigenvalue weighted by Gasteiger charge is 2.16. The third kappa shape index (κ3) is 3.55. The van der Waals surface area contributed by atoms with Crippen molar-refractivity contribution in [3.05, 3.63) is 29.6 Å². The summed E-state index contributed by atoms with van der Waals surface area (Å²) in [5, 5.41) is 13.2. The van der Waals surface area contributed by atoms with E-state index in [0.717, 1.165) is 6.07 Å². The molecular weight excluding hydrogens is 243 g/mol. The summed E-state index contributed by atoms with van der Waals surface area (Å²) in [7, 11) is 0. The summed E-state index contributed by atoms with van der Waals surface area (Å²) in [5.41, 5.74) is -0.772. The summed E-state index contributed by atoms with van der Waals surface area (Å²) < 4.78 is 13.4. The van der Waals surface area contributed by atoms with Crippen LogP contribution in [0.25, 0.3) is 0 Å². The average Bonchev–Trinajstić information content (AvgIpc) is 2.28. The molecule has 0 spiro atoms. The third-order valence-corrected chi connectivity index (χ3v) is 2.01. The van der Waals surface area contributed by atoms with Crippen LogP contribution in [-0.4, -0.2) is 29.4 Å². The Labute approximate surface area is 102 Å². The first kappa shape index (κ1) is 13.6. The third-order valence-electron chi connectivity index (χ3n) is 2.01. The normalized spacial score (nSPS) is 9.67. The molecule has 0 unspecified atom stereocenters. The first-order chi connectivity index (χ1) is 8.41. The Morgan fingerprint density at radius 2 is 2.00 bits per heavy atom. The van der Waals surface area contributed by atoms with Crippen LogP contribution in [0, 0.1) is 5.82 Å². The predicted octanol–water partition coefficient (Wildman–Crippen LogP) is 0.598. The number of nitrogens with one attached hydrogen (secondary N) is 2. The van der Waals surface area contributed by atoms with E-state index in [1.54, 1.807) is 0 Å². The van der Waals surface area contributed by atoms with E-state index in [1.165, 1.54) is 19.1 Å². The maximum Gasteiger partial charge on any atom is 0.337 e. The van der Waals surface area contributed by atoms with Gasteiger partial charge >= 0.3 is 5.97 Å². The second kappa shape index (κ2) is 5.76. The van der Waals surface area contributed by atoms with Gasteiger partial charge in [-0.25, -0.2) is 9.18 Å². The monoisotopic (exact) mass is 254 g/mol. The van der Waals surface area contributed by atoms with Crippen LogP contribution >= 0.6 is 0 Å². The fraction of sp³-hybridized carbons (Fsp3) is 0.182. The number of para-hydroxylation sites is 1. The number of aromatic carboxylic acids is 1. The molecule has 0 bridgehead atoms. The molecule has 0 fully saturated rings. The summed E-state index contributed by atoms with van der Waals surface area (Å²) >= 11 is 0. The largest absolute Gasteiger partial charge is 0.478 e. The Balaban J connectivity index is 2.86.